The molecule has 2 aromatic rings. The number of alkyl carbamates (subject to hydrolysis) is 1. The van der Waals surface area contributed by atoms with Gasteiger partial charge < -0.3 is 29.0 Å². The fourth-order valence-corrected chi connectivity index (χ4v) is 4.40. The van der Waals surface area contributed by atoms with E-state index >= 15 is 0 Å². The Hall–Kier alpha value is -3.33. The van der Waals surface area contributed by atoms with Crippen LogP contribution in [0.15, 0.2) is 42.5 Å². The first-order chi connectivity index (χ1) is 17.4. The predicted molar refractivity (Wildman–Crippen MR) is 137 cm³/mol. The molecule has 4 rings (SSSR count). The van der Waals surface area contributed by atoms with E-state index in [-0.39, 0.29) is 12.1 Å². The third-order valence-corrected chi connectivity index (χ3v) is 6.06. The standard InChI is InChI=1S/C28H35FN2O6/c1-27(2,3)37-26(32)31-24-12-8-17(35-25(24)14-19-16-34-28(4,5)36-19)7-10-20-21-13-18(33-6)9-11-23(21)30-15-22(20)29/h7,9-11,13,15-17,24-25H,8,12,14H2,1-6H3,(H,31,32)/b10-7+/t17-,24-,25-/m1/s1. The fourth-order valence-electron chi connectivity index (χ4n) is 4.40. The summed E-state index contributed by atoms with van der Waals surface area (Å²) in [6.45, 7) is 9.09. The molecule has 3 atom stereocenters. The van der Waals surface area contributed by atoms with Crippen molar-refractivity contribution in [1.82, 2.24) is 10.3 Å². The first kappa shape index (κ1) is 26.7. The van der Waals surface area contributed by atoms with Crippen LogP contribution in [0.5, 0.6) is 5.75 Å². The number of carbonyl (C=O) groups excluding carboxylic acids is 1. The molecule has 0 saturated carbocycles. The lowest BCUT2D eigenvalue weighted by molar-refractivity contribution is -0.123. The lowest BCUT2D eigenvalue weighted by Gasteiger charge is -2.36. The number of aromatic nitrogens is 1. The van der Waals surface area contributed by atoms with Gasteiger partial charge in [-0.05, 0) is 51.8 Å². The van der Waals surface area contributed by atoms with Crippen LogP contribution in [0.1, 0.15) is 59.4 Å². The summed E-state index contributed by atoms with van der Waals surface area (Å²) in [6, 6.07) is 5.06. The topological polar surface area (TPSA) is 88.1 Å². The third kappa shape index (κ3) is 6.91. The minimum atomic E-state index is -0.752. The minimum Gasteiger partial charge on any atom is -0.497 e. The molecule has 1 fully saturated rings. The summed E-state index contributed by atoms with van der Waals surface area (Å²) in [6.07, 6.45) is 6.83. The summed E-state index contributed by atoms with van der Waals surface area (Å²) in [5.41, 5.74) is 0.462. The molecule has 1 saturated heterocycles. The van der Waals surface area contributed by atoms with Gasteiger partial charge in [0.15, 0.2) is 0 Å². The Labute approximate surface area is 216 Å². The van der Waals surface area contributed by atoms with E-state index in [1.165, 1.54) is 6.20 Å². The number of benzene rings is 1. The van der Waals surface area contributed by atoms with Gasteiger partial charge in [0.2, 0.25) is 5.79 Å². The number of hydrogen-bond acceptors (Lipinski definition) is 7. The van der Waals surface area contributed by atoms with E-state index < -0.39 is 29.4 Å². The van der Waals surface area contributed by atoms with Crippen LogP contribution in [-0.2, 0) is 18.9 Å². The Morgan fingerprint density at radius 1 is 1.30 bits per heavy atom. The number of carbonyl (C=O) groups is 1. The van der Waals surface area contributed by atoms with E-state index in [1.807, 2.05) is 40.7 Å². The number of ether oxygens (including phenoxy) is 5. The molecule has 0 bridgehead atoms. The minimum absolute atomic E-state index is 0.296. The highest BCUT2D eigenvalue weighted by atomic mass is 19.1. The molecule has 1 N–H and O–H groups in total. The first-order valence-corrected chi connectivity index (χ1v) is 12.4. The SMILES string of the molecule is COc1ccc2ncc(F)c(/C=C/[C@@H]3CC[C@@H](NC(=O)OC(C)(C)C)[C@@H](CC4=COC(C)(C)O4)O3)c2c1. The maximum absolute atomic E-state index is 14.8. The highest BCUT2D eigenvalue weighted by molar-refractivity contribution is 5.89. The normalized spacial score (nSPS) is 23.3. The number of fused-ring (bicyclic) bond motifs is 1. The van der Waals surface area contributed by atoms with Crippen molar-refractivity contribution < 1.29 is 32.9 Å². The Bertz CT molecular complexity index is 1200. The van der Waals surface area contributed by atoms with Gasteiger partial charge in [-0.25, -0.2) is 9.18 Å². The molecule has 8 nitrogen and oxygen atoms in total. The fraction of sp³-hybridized carbons (Fsp3) is 0.500. The Morgan fingerprint density at radius 2 is 2.08 bits per heavy atom. The van der Waals surface area contributed by atoms with Crippen LogP contribution in [0.3, 0.4) is 0 Å². The molecular formula is C28H35FN2O6. The first-order valence-electron chi connectivity index (χ1n) is 12.4. The van der Waals surface area contributed by atoms with E-state index in [0.717, 1.165) is 0 Å². The number of methoxy groups -OCH3 is 1. The Kier molecular flexibility index (Phi) is 7.64. The summed E-state index contributed by atoms with van der Waals surface area (Å²) in [7, 11) is 1.57. The number of nitrogens with one attached hydrogen (secondary N) is 1. The average molecular weight is 515 g/mol. The van der Waals surface area contributed by atoms with Gasteiger partial charge in [-0.15, -0.1) is 0 Å². The molecule has 3 heterocycles. The molecule has 2 aliphatic rings. The van der Waals surface area contributed by atoms with Crippen LogP contribution in [0.4, 0.5) is 9.18 Å². The van der Waals surface area contributed by atoms with E-state index in [1.54, 1.807) is 37.6 Å². The molecular weight excluding hydrogens is 479 g/mol. The van der Waals surface area contributed by atoms with Gasteiger partial charge in [0.1, 0.15) is 29.2 Å². The lowest BCUT2D eigenvalue weighted by atomic mass is 9.95. The zero-order valence-corrected chi connectivity index (χ0v) is 22.2. The van der Waals surface area contributed by atoms with Crippen molar-refractivity contribution >= 4 is 23.1 Å². The summed E-state index contributed by atoms with van der Waals surface area (Å²) in [4.78, 5) is 16.7. The predicted octanol–water partition coefficient (Wildman–Crippen LogP) is 5.85. The zero-order valence-electron chi connectivity index (χ0n) is 22.2. The van der Waals surface area contributed by atoms with E-state index in [9.17, 15) is 9.18 Å². The molecule has 9 heteroatoms. The van der Waals surface area contributed by atoms with Crippen LogP contribution >= 0.6 is 0 Å². The second-order valence-corrected chi connectivity index (χ2v) is 10.7. The molecule has 1 aromatic heterocycles. The summed E-state index contributed by atoms with van der Waals surface area (Å²) < 4.78 is 43.3. The molecule has 2 aliphatic heterocycles. The van der Waals surface area contributed by atoms with Gasteiger partial charge >= 0.3 is 6.09 Å². The van der Waals surface area contributed by atoms with E-state index in [0.29, 0.717) is 47.2 Å². The summed E-state index contributed by atoms with van der Waals surface area (Å²) in [5, 5.41) is 3.59. The molecule has 0 aliphatic carbocycles. The smallest absolute Gasteiger partial charge is 0.407 e. The van der Waals surface area contributed by atoms with Crippen molar-refractivity contribution in [2.24, 2.45) is 0 Å². The number of amides is 1. The molecule has 200 valence electrons. The van der Waals surface area contributed by atoms with Gasteiger partial charge in [0.25, 0.3) is 0 Å². The number of nitrogens with zero attached hydrogens (tertiary/aromatic N) is 1. The maximum Gasteiger partial charge on any atom is 0.407 e. The second kappa shape index (κ2) is 10.6. The van der Waals surface area contributed by atoms with Gasteiger partial charge in [-0.3, -0.25) is 4.98 Å². The van der Waals surface area contributed by atoms with Crippen molar-refractivity contribution in [3.8, 4) is 5.75 Å². The van der Waals surface area contributed by atoms with Crippen LogP contribution in [0.25, 0.3) is 17.0 Å². The number of hydrogen-bond donors (Lipinski definition) is 1. The van der Waals surface area contributed by atoms with Crippen molar-refractivity contribution in [3.63, 3.8) is 0 Å². The second-order valence-electron chi connectivity index (χ2n) is 10.7. The van der Waals surface area contributed by atoms with Gasteiger partial charge in [0, 0.05) is 31.2 Å². The quantitative estimate of drug-likeness (QED) is 0.517. The molecule has 0 radical (unpaired) electrons. The maximum atomic E-state index is 14.8. The zero-order chi connectivity index (χ0) is 26.8. The van der Waals surface area contributed by atoms with Crippen molar-refractivity contribution in [2.75, 3.05) is 7.11 Å². The molecule has 1 amide bonds. The highest BCUT2D eigenvalue weighted by Gasteiger charge is 2.36. The summed E-state index contributed by atoms with van der Waals surface area (Å²) >= 11 is 0. The Morgan fingerprint density at radius 3 is 2.76 bits per heavy atom. The lowest BCUT2D eigenvalue weighted by Crippen LogP contribution is -2.50. The monoisotopic (exact) mass is 514 g/mol. The van der Waals surface area contributed by atoms with Crippen LogP contribution < -0.4 is 10.1 Å². The molecule has 37 heavy (non-hydrogen) atoms. The number of pyridine rings is 1. The molecule has 0 spiro atoms. The average Bonchev–Trinajstić information content (AvgIpc) is 3.16. The van der Waals surface area contributed by atoms with Crippen molar-refractivity contribution in [3.05, 3.63) is 53.9 Å². The number of rotatable bonds is 6. The number of halogens is 1. The van der Waals surface area contributed by atoms with Crippen LogP contribution in [-0.4, -0.2) is 47.8 Å². The van der Waals surface area contributed by atoms with Gasteiger partial charge in [0.05, 0.1) is 37.1 Å². The Balaban J connectivity index is 1.53. The highest BCUT2D eigenvalue weighted by Crippen LogP contribution is 2.32. The summed E-state index contributed by atoms with van der Waals surface area (Å²) in [5.74, 6) is 0.0689. The largest absolute Gasteiger partial charge is 0.497 e. The molecule has 0 unspecified atom stereocenters. The van der Waals surface area contributed by atoms with Crippen LogP contribution in [0, 0.1) is 5.82 Å². The molecule has 1 aromatic carbocycles. The van der Waals surface area contributed by atoms with Crippen molar-refractivity contribution in [2.45, 2.75) is 83.5 Å². The van der Waals surface area contributed by atoms with Gasteiger partial charge in [-0.2, -0.15) is 0 Å². The van der Waals surface area contributed by atoms with E-state index in [2.05, 4.69) is 10.3 Å². The van der Waals surface area contributed by atoms with Crippen molar-refractivity contribution in [1.29, 1.82) is 0 Å². The van der Waals surface area contributed by atoms with Crippen LogP contribution in [0.2, 0.25) is 0 Å². The van der Waals surface area contributed by atoms with Gasteiger partial charge in [-0.1, -0.05) is 12.2 Å². The van der Waals surface area contributed by atoms with E-state index in [4.69, 9.17) is 23.7 Å². The third-order valence-electron chi connectivity index (χ3n) is 6.06.